The standard InChI is InChI=1S/C17H17F3N2O3/c1-24-11-10-21-16(23)22-12-6-8-13(9-7-12)25-15-5-3-2-4-14(15)17(18,19)20/h2-9H,10-11H2,1H3,(H2,21,22,23). The maximum atomic E-state index is 12.9. The largest absolute Gasteiger partial charge is 0.457 e. The minimum atomic E-state index is -4.50. The van der Waals surface area contributed by atoms with Crippen LogP contribution in [0.5, 0.6) is 11.5 Å². The fourth-order valence-electron chi connectivity index (χ4n) is 1.97. The van der Waals surface area contributed by atoms with Crippen molar-refractivity contribution >= 4 is 11.7 Å². The van der Waals surface area contributed by atoms with Gasteiger partial charge in [-0.15, -0.1) is 0 Å². The molecule has 2 N–H and O–H groups in total. The summed E-state index contributed by atoms with van der Waals surface area (Å²) in [5.74, 6) is -0.0601. The highest BCUT2D eigenvalue weighted by Gasteiger charge is 2.34. The van der Waals surface area contributed by atoms with Crippen LogP contribution >= 0.6 is 0 Å². The molecule has 2 aromatic rings. The molecule has 0 aromatic heterocycles. The molecule has 134 valence electrons. The average Bonchev–Trinajstić information content (AvgIpc) is 2.56. The second-order valence-electron chi connectivity index (χ2n) is 4.99. The summed E-state index contributed by atoms with van der Waals surface area (Å²) in [7, 11) is 1.52. The number of para-hydroxylation sites is 1. The number of benzene rings is 2. The first-order valence-electron chi connectivity index (χ1n) is 7.38. The number of halogens is 3. The molecule has 0 fully saturated rings. The Hall–Kier alpha value is -2.74. The van der Waals surface area contributed by atoms with E-state index in [4.69, 9.17) is 9.47 Å². The summed E-state index contributed by atoms with van der Waals surface area (Å²) in [5.41, 5.74) is -0.374. The van der Waals surface area contributed by atoms with Crippen LogP contribution in [0.25, 0.3) is 0 Å². The highest BCUT2D eigenvalue weighted by molar-refractivity contribution is 5.89. The van der Waals surface area contributed by atoms with Gasteiger partial charge in [-0.25, -0.2) is 4.79 Å². The van der Waals surface area contributed by atoms with Gasteiger partial charge in [-0.2, -0.15) is 13.2 Å². The van der Waals surface area contributed by atoms with Crippen LogP contribution in [-0.4, -0.2) is 26.3 Å². The summed E-state index contributed by atoms with van der Waals surface area (Å²) in [5, 5.41) is 5.17. The van der Waals surface area contributed by atoms with Gasteiger partial charge in [0.15, 0.2) is 0 Å². The van der Waals surface area contributed by atoms with Crippen molar-refractivity contribution in [2.24, 2.45) is 0 Å². The molecule has 0 saturated heterocycles. The van der Waals surface area contributed by atoms with Crippen molar-refractivity contribution in [2.45, 2.75) is 6.18 Å². The fourth-order valence-corrected chi connectivity index (χ4v) is 1.97. The van der Waals surface area contributed by atoms with E-state index < -0.39 is 17.8 Å². The van der Waals surface area contributed by atoms with E-state index in [0.717, 1.165) is 6.07 Å². The monoisotopic (exact) mass is 354 g/mol. The van der Waals surface area contributed by atoms with Gasteiger partial charge < -0.3 is 20.1 Å². The molecule has 0 aliphatic heterocycles. The van der Waals surface area contributed by atoms with Gasteiger partial charge >= 0.3 is 12.2 Å². The molecule has 0 aliphatic rings. The average molecular weight is 354 g/mol. The van der Waals surface area contributed by atoms with Gasteiger partial charge in [0.1, 0.15) is 11.5 Å². The second kappa shape index (κ2) is 8.39. The number of amides is 2. The van der Waals surface area contributed by atoms with Crippen LogP contribution in [0.4, 0.5) is 23.7 Å². The van der Waals surface area contributed by atoms with Crippen LogP contribution in [0.2, 0.25) is 0 Å². The Bertz CT molecular complexity index is 703. The van der Waals surface area contributed by atoms with E-state index in [0.29, 0.717) is 18.8 Å². The molecule has 0 atom stereocenters. The zero-order valence-corrected chi connectivity index (χ0v) is 13.4. The molecule has 8 heteroatoms. The van der Waals surface area contributed by atoms with E-state index in [1.54, 1.807) is 0 Å². The molecule has 0 radical (unpaired) electrons. The molecule has 2 aromatic carbocycles. The molecule has 25 heavy (non-hydrogen) atoms. The third-order valence-corrected chi connectivity index (χ3v) is 3.12. The lowest BCUT2D eigenvalue weighted by Crippen LogP contribution is -2.31. The van der Waals surface area contributed by atoms with Crippen molar-refractivity contribution in [3.05, 3.63) is 54.1 Å². The summed E-state index contributed by atoms with van der Waals surface area (Å²) in [6.07, 6.45) is -4.50. The number of rotatable bonds is 6. The molecule has 2 rings (SSSR count). The Balaban J connectivity index is 2.01. The van der Waals surface area contributed by atoms with Crippen molar-refractivity contribution < 1.29 is 27.4 Å². The van der Waals surface area contributed by atoms with Crippen molar-refractivity contribution in [2.75, 3.05) is 25.6 Å². The van der Waals surface area contributed by atoms with Crippen LogP contribution < -0.4 is 15.4 Å². The number of urea groups is 1. The first-order chi connectivity index (χ1) is 11.9. The number of ether oxygens (including phenoxy) is 2. The predicted octanol–water partition coefficient (Wildman–Crippen LogP) is 4.27. The number of carbonyl (C=O) groups is 1. The number of methoxy groups -OCH3 is 1. The number of hydrogen-bond donors (Lipinski definition) is 2. The van der Waals surface area contributed by atoms with E-state index in [2.05, 4.69) is 10.6 Å². The molecule has 2 amide bonds. The maximum absolute atomic E-state index is 12.9. The van der Waals surface area contributed by atoms with Gasteiger partial charge in [0.2, 0.25) is 0 Å². The highest BCUT2D eigenvalue weighted by atomic mass is 19.4. The Morgan fingerprint density at radius 3 is 2.40 bits per heavy atom. The van der Waals surface area contributed by atoms with Crippen LogP contribution in [0.15, 0.2) is 48.5 Å². The fraction of sp³-hybridized carbons (Fsp3) is 0.235. The zero-order valence-electron chi connectivity index (χ0n) is 13.4. The molecular weight excluding hydrogens is 337 g/mol. The Morgan fingerprint density at radius 2 is 1.76 bits per heavy atom. The van der Waals surface area contributed by atoms with Crippen LogP contribution in [0.3, 0.4) is 0 Å². The summed E-state index contributed by atoms with van der Waals surface area (Å²) in [6, 6.07) is 10.6. The van der Waals surface area contributed by atoms with E-state index in [1.807, 2.05) is 0 Å². The van der Waals surface area contributed by atoms with Crippen molar-refractivity contribution in [3.8, 4) is 11.5 Å². The second-order valence-corrected chi connectivity index (χ2v) is 4.99. The minimum absolute atomic E-state index is 0.224. The van der Waals surface area contributed by atoms with Gasteiger partial charge in [0, 0.05) is 19.3 Å². The number of hydrogen-bond acceptors (Lipinski definition) is 3. The smallest absolute Gasteiger partial charge is 0.419 e. The zero-order chi connectivity index (χ0) is 18.3. The van der Waals surface area contributed by atoms with Gasteiger partial charge in [-0.3, -0.25) is 0 Å². The third kappa shape index (κ3) is 5.68. The van der Waals surface area contributed by atoms with Crippen LogP contribution in [-0.2, 0) is 10.9 Å². The normalized spacial score (nSPS) is 11.0. The molecule has 0 bridgehead atoms. The van der Waals surface area contributed by atoms with Crippen molar-refractivity contribution in [1.82, 2.24) is 5.32 Å². The van der Waals surface area contributed by atoms with Gasteiger partial charge in [-0.1, -0.05) is 12.1 Å². The van der Waals surface area contributed by atoms with E-state index >= 15 is 0 Å². The van der Waals surface area contributed by atoms with Crippen molar-refractivity contribution in [1.29, 1.82) is 0 Å². The molecule has 5 nitrogen and oxygen atoms in total. The van der Waals surface area contributed by atoms with Gasteiger partial charge in [0.05, 0.1) is 12.2 Å². The van der Waals surface area contributed by atoms with Crippen LogP contribution in [0, 0.1) is 0 Å². The topological polar surface area (TPSA) is 59.6 Å². The lowest BCUT2D eigenvalue weighted by Gasteiger charge is -2.13. The summed E-state index contributed by atoms with van der Waals surface area (Å²) in [6.45, 7) is 0.747. The Morgan fingerprint density at radius 1 is 1.08 bits per heavy atom. The maximum Gasteiger partial charge on any atom is 0.419 e. The lowest BCUT2D eigenvalue weighted by molar-refractivity contribution is -0.138. The summed E-state index contributed by atoms with van der Waals surface area (Å²) in [4.78, 5) is 11.6. The summed E-state index contributed by atoms with van der Waals surface area (Å²) < 4.78 is 48.9. The van der Waals surface area contributed by atoms with Gasteiger partial charge in [0.25, 0.3) is 0 Å². The quantitative estimate of drug-likeness (QED) is 0.762. The van der Waals surface area contributed by atoms with Crippen LogP contribution in [0.1, 0.15) is 5.56 Å². The number of alkyl halides is 3. The van der Waals surface area contributed by atoms with E-state index in [-0.39, 0.29) is 11.5 Å². The first-order valence-corrected chi connectivity index (χ1v) is 7.38. The Kier molecular flexibility index (Phi) is 6.24. The Labute approximate surface area is 142 Å². The molecule has 0 heterocycles. The lowest BCUT2D eigenvalue weighted by atomic mass is 10.2. The summed E-state index contributed by atoms with van der Waals surface area (Å²) >= 11 is 0. The molecule has 0 saturated carbocycles. The number of anilines is 1. The van der Waals surface area contributed by atoms with E-state index in [1.165, 1.54) is 49.6 Å². The molecular formula is C17H17F3N2O3. The SMILES string of the molecule is COCCNC(=O)Nc1ccc(Oc2ccccc2C(F)(F)F)cc1. The van der Waals surface area contributed by atoms with Gasteiger partial charge in [-0.05, 0) is 36.4 Å². The van der Waals surface area contributed by atoms with Crippen molar-refractivity contribution in [3.63, 3.8) is 0 Å². The number of carbonyl (C=O) groups excluding carboxylic acids is 1. The predicted molar refractivity (Wildman–Crippen MR) is 86.9 cm³/mol. The minimum Gasteiger partial charge on any atom is -0.457 e. The molecule has 0 aliphatic carbocycles. The van der Waals surface area contributed by atoms with E-state index in [9.17, 15) is 18.0 Å². The number of nitrogens with one attached hydrogen (secondary N) is 2. The highest BCUT2D eigenvalue weighted by Crippen LogP contribution is 2.37. The third-order valence-electron chi connectivity index (χ3n) is 3.12. The molecule has 0 spiro atoms. The molecule has 0 unspecified atom stereocenters. The first kappa shape index (κ1) is 18.6.